The van der Waals surface area contributed by atoms with Crippen LogP contribution in [0.25, 0.3) is 0 Å². The van der Waals surface area contributed by atoms with Crippen molar-refractivity contribution in [1.29, 1.82) is 0 Å². The van der Waals surface area contributed by atoms with Crippen molar-refractivity contribution < 1.29 is 47.6 Å². The second-order valence-electron chi connectivity index (χ2n) is 9.62. The maximum Gasteiger partial charge on any atom is 0.513 e. The molecule has 0 aliphatic heterocycles. The van der Waals surface area contributed by atoms with E-state index < -0.39 is 36.4 Å². The lowest BCUT2D eigenvalue weighted by Gasteiger charge is -2.17. The molecule has 0 unspecified atom stereocenters. The summed E-state index contributed by atoms with van der Waals surface area (Å²) >= 11 is 0. The van der Waals surface area contributed by atoms with Gasteiger partial charge in [-0.2, -0.15) is 0 Å². The van der Waals surface area contributed by atoms with Crippen LogP contribution in [0.1, 0.15) is 75.2 Å². The molecule has 0 radical (unpaired) electrons. The highest BCUT2D eigenvalue weighted by atomic mass is 16.7. The normalized spacial score (nSPS) is 12.0. The Balaban J connectivity index is 1.99. The van der Waals surface area contributed by atoms with Crippen LogP contribution in [0.3, 0.4) is 0 Å². The van der Waals surface area contributed by atoms with Crippen LogP contribution in [0.5, 0.6) is 11.5 Å². The number of unbranched alkanes of at least 4 members (excludes halogenated alkanes) is 4. The van der Waals surface area contributed by atoms with Gasteiger partial charge in [0.25, 0.3) is 0 Å². The molecule has 0 aliphatic carbocycles. The zero-order valence-corrected chi connectivity index (χ0v) is 24.5. The Hall–Kier alpha value is -4.12. The largest absolute Gasteiger partial charge is 0.513 e. The average molecular weight is 588 g/mol. The first-order valence-corrected chi connectivity index (χ1v) is 14.2. The first kappa shape index (κ1) is 34.1. The fourth-order valence-corrected chi connectivity index (χ4v) is 3.60. The van der Waals surface area contributed by atoms with Gasteiger partial charge >= 0.3 is 24.2 Å². The fraction of sp³-hybridized carbons (Fsp3) is 0.484. The van der Waals surface area contributed by atoms with E-state index in [1.807, 2.05) is 13.8 Å². The highest BCUT2D eigenvalue weighted by Gasteiger charge is 2.22. The summed E-state index contributed by atoms with van der Waals surface area (Å²) in [6.07, 6.45) is 2.46. The molecule has 230 valence electrons. The number of hydrogen-bond donors (Lipinski definition) is 1. The molecule has 42 heavy (non-hydrogen) atoms. The predicted molar refractivity (Wildman–Crippen MR) is 153 cm³/mol. The molecule has 2 atom stereocenters. The molecule has 11 heteroatoms. The average Bonchev–Trinajstić information content (AvgIpc) is 2.98. The van der Waals surface area contributed by atoms with Crippen molar-refractivity contribution in [3.63, 3.8) is 0 Å². The number of nitrogens with two attached hydrogens (primary N) is 1. The van der Waals surface area contributed by atoms with Gasteiger partial charge in [0.2, 0.25) is 0 Å². The summed E-state index contributed by atoms with van der Waals surface area (Å²) in [5, 5.41) is 0. The molecular formula is C31H41NO10. The van der Waals surface area contributed by atoms with Crippen molar-refractivity contribution in [2.45, 2.75) is 77.9 Å². The van der Waals surface area contributed by atoms with Gasteiger partial charge in [0.1, 0.15) is 18.8 Å². The minimum atomic E-state index is -1.08. The highest BCUT2D eigenvalue weighted by Crippen LogP contribution is 2.30. The minimum Gasteiger partial charge on any atom is -0.458 e. The quantitative estimate of drug-likeness (QED) is 0.104. The van der Waals surface area contributed by atoms with Crippen LogP contribution in [0, 0.1) is 0 Å². The standard InChI is InChI=1S/C31H41NO10/c1-4-6-11-17-37-30(35)41-26-16-15-23(20-27(26)42-31(36)38-18-12-7-5-2)19-25(32)29(34)40-22(3)21-39-28(33)24-13-9-8-10-14-24/h8-10,13-16,20,22,25H,4-7,11-12,17-19,21,32H2,1-3H3/t22-,25-/m0/s1. The maximum atomic E-state index is 12.6. The Labute approximate surface area is 246 Å². The van der Waals surface area contributed by atoms with Gasteiger partial charge in [-0.1, -0.05) is 63.8 Å². The van der Waals surface area contributed by atoms with E-state index in [1.165, 1.54) is 12.1 Å². The van der Waals surface area contributed by atoms with E-state index >= 15 is 0 Å². The van der Waals surface area contributed by atoms with E-state index in [9.17, 15) is 19.2 Å². The van der Waals surface area contributed by atoms with E-state index in [-0.39, 0.29) is 37.7 Å². The van der Waals surface area contributed by atoms with Gasteiger partial charge in [0.05, 0.1) is 18.8 Å². The van der Waals surface area contributed by atoms with Crippen LogP contribution >= 0.6 is 0 Å². The fourth-order valence-electron chi connectivity index (χ4n) is 3.60. The van der Waals surface area contributed by atoms with Crippen LogP contribution in [0.2, 0.25) is 0 Å². The molecule has 2 N–H and O–H groups in total. The summed E-state index contributed by atoms with van der Waals surface area (Å²) in [4.78, 5) is 49.1. The van der Waals surface area contributed by atoms with Gasteiger partial charge in [0, 0.05) is 0 Å². The van der Waals surface area contributed by atoms with Crippen molar-refractivity contribution in [3.05, 3.63) is 59.7 Å². The summed E-state index contributed by atoms with van der Waals surface area (Å²) in [5.41, 5.74) is 6.95. The second-order valence-corrected chi connectivity index (χ2v) is 9.62. The van der Waals surface area contributed by atoms with Crippen LogP contribution < -0.4 is 15.2 Å². The molecule has 2 rings (SSSR count). The third-order valence-electron chi connectivity index (χ3n) is 5.86. The second kappa shape index (κ2) is 19.1. The number of hydrogen-bond acceptors (Lipinski definition) is 11. The Morgan fingerprint density at radius 3 is 1.95 bits per heavy atom. The summed E-state index contributed by atoms with van der Waals surface area (Å²) in [5.74, 6) is -1.41. The summed E-state index contributed by atoms with van der Waals surface area (Å²) < 4.78 is 31.3. The summed E-state index contributed by atoms with van der Waals surface area (Å²) in [6, 6.07) is 11.8. The number of carbonyl (C=O) groups is 4. The monoisotopic (exact) mass is 587 g/mol. The van der Waals surface area contributed by atoms with Crippen molar-refractivity contribution >= 4 is 24.2 Å². The molecule has 0 bridgehead atoms. The first-order chi connectivity index (χ1) is 20.2. The number of carbonyl (C=O) groups excluding carboxylic acids is 4. The summed E-state index contributed by atoms with van der Waals surface area (Å²) in [6.45, 7) is 5.86. The zero-order valence-electron chi connectivity index (χ0n) is 24.5. The van der Waals surface area contributed by atoms with Gasteiger partial charge in [-0.3, -0.25) is 4.79 Å². The minimum absolute atomic E-state index is 0.0129. The molecule has 0 heterocycles. The molecule has 0 amide bonds. The molecule has 0 spiro atoms. The van der Waals surface area contributed by atoms with Gasteiger partial charge < -0.3 is 34.2 Å². The topological polar surface area (TPSA) is 150 Å². The van der Waals surface area contributed by atoms with Gasteiger partial charge in [-0.25, -0.2) is 14.4 Å². The number of benzene rings is 2. The molecule has 2 aromatic rings. The first-order valence-electron chi connectivity index (χ1n) is 14.2. The third-order valence-corrected chi connectivity index (χ3v) is 5.86. The Bertz CT molecular complexity index is 1140. The van der Waals surface area contributed by atoms with Crippen LogP contribution in [-0.4, -0.2) is 56.2 Å². The van der Waals surface area contributed by atoms with Crippen LogP contribution in [-0.2, 0) is 30.2 Å². The summed E-state index contributed by atoms with van der Waals surface area (Å²) in [7, 11) is 0. The van der Waals surface area contributed by atoms with E-state index in [2.05, 4.69) is 0 Å². The number of esters is 2. The van der Waals surface area contributed by atoms with Gasteiger partial charge in [-0.15, -0.1) is 0 Å². The molecule has 0 aromatic heterocycles. The lowest BCUT2D eigenvalue weighted by atomic mass is 10.1. The van der Waals surface area contributed by atoms with E-state index in [0.717, 1.165) is 25.7 Å². The zero-order chi connectivity index (χ0) is 30.7. The lowest BCUT2D eigenvalue weighted by molar-refractivity contribution is -0.151. The molecule has 11 nitrogen and oxygen atoms in total. The lowest BCUT2D eigenvalue weighted by Crippen LogP contribution is -2.37. The SMILES string of the molecule is CCCCCOC(=O)Oc1ccc(C[C@H](N)C(=O)O[C@@H](C)COC(=O)c2ccccc2)cc1OC(=O)OCCCCC. The smallest absolute Gasteiger partial charge is 0.458 e. The van der Waals surface area contributed by atoms with E-state index in [0.29, 0.717) is 24.0 Å². The maximum absolute atomic E-state index is 12.6. The highest BCUT2D eigenvalue weighted by molar-refractivity contribution is 5.89. The van der Waals surface area contributed by atoms with Gasteiger partial charge in [0.15, 0.2) is 11.5 Å². The molecule has 0 saturated heterocycles. The Kier molecular flexibility index (Phi) is 15.5. The molecular weight excluding hydrogens is 546 g/mol. The van der Waals surface area contributed by atoms with Crippen molar-refractivity contribution in [1.82, 2.24) is 0 Å². The number of ether oxygens (including phenoxy) is 6. The van der Waals surface area contributed by atoms with E-state index in [4.69, 9.17) is 34.2 Å². The van der Waals surface area contributed by atoms with Gasteiger partial charge in [-0.05, 0) is 56.0 Å². The molecule has 0 fully saturated rings. The Morgan fingerprint density at radius 1 is 0.762 bits per heavy atom. The van der Waals surface area contributed by atoms with Crippen LogP contribution in [0.15, 0.2) is 48.5 Å². The van der Waals surface area contributed by atoms with Crippen LogP contribution in [0.4, 0.5) is 9.59 Å². The van der Waals surface area contributed by atoms with Crippen molar-refractivity contribution in [2.24, 2.45) is 5.73 Å². The number of rotatable bonds is 17. The molecule has 0 aliphatic rings. The Morgan fingerprint density at radius 2 is 1.36 bits per heavy atom. The van der Waals surface area contributed by atoms with Crippen molar-refractivity contribution in [2.75, 3.05) is 19.8 Å². The molecule has 0 saturated carbocycles. The van der Waals surface area contributed by atoms with E-state index in [1.54, 1.807) is 43.3 Å². The third kappa shape index (κ3) is 13.0. The predicted octanol–water partition coefficient (Wildman–Crippen LogP) is 5.76. The van der Waals surface area contributed by atoms with Crippen molar-refractivity contribution in [3.8, 4) is 11.5 Å². The molecule has 2 aromatic carbocycles.